The fourth-order valence-electron chi connectivity index (χ4n) is 10.5. The van der Waals surface area contributed by atoms with Crippen LogP contribution in [0.4, 0.5) is 43.2 Å². The molecule has 404 valence electrons. The molecular formula is C56H60F2N14O6. The summed E-state index contributed by atoms with van der Waals surface area (Å²) >= 11 is 0. The summed E-state index contributed by atoms with van der Waals surface area (Å²) in [6, 6.07) is 20.9. The number of anilines is 6. The van der Waals surface area contributed by atoms with Gasteiger partial charge >= 0.3 is 0 Å². The highest BCUT2D eigenvalue weighted by molar-refractivity contribution is 6.07. The number of halogens is 2. The monoisotopic (exact) mass is 1060 g/mol. The molecule has 2 atom stereocenters. The van der Waals surface area contributed by atoms with Crippen molar-refractivity contribution in [3.05, 3.63) is 143 Å². The molecule has 22 heteroatoms. The Morgan fingerprint density at radius 3 is 1.49 bits per heavy atom. The maximum Gasteiger partial charge on any atom is 0.254 e. The van der Waals surface area contributed by atoms with Gasteiger partial charge in [0.05, 0.1) is 108 Å². The SMILES string of the molecule is CN(C)Cc1nc(Nc2ccc(-c3cnc4cc(F)ccn34)c3c2C(=O)NC3)ccc1N1CCOC[C@@H](O)C1.CN(C)Cc1nc(Nc2ccc(-c3cnc4cc(F)ccn34)c3c2C(=O)NC3)ccc1N1CCOC[C@H](O)C1. The van der Waals surface area contributed by atoms with Crippen molar-refractivity contribution in [1.82, 2.24) is 49.2 Å². The Hall–Kier alpha value is -8.12. The lowest BCUT2D eigenvalue weighted by atomic mass is 9.99. The van der Waals surface area contributed by atoms with Crippen molar-refractivity contribution in [2.24, 2.45) is 0 Å². The number of hydrogen-bond acceptors (Lipinski definition) is 16. The molecule has 8 aromatic rings. The summed E-state index contributed by atoms with van der Waals surface area (Å²) in [7, 11) is 7.93. The fraction of sp³-hybridized carbons (Fsp3) is 0.321. The molecule has 0 saturated carbocycles. The number of aliphatic hydroxyl groups is 2. The number of imidazole rings is 2. The van der Waals surface area contributed by atoms with Gasteiger partial charge in [-0.1, -0.05) is 12.1 Å². The van der Waals surface area contributed by atoms with E-state index >= 15 is 0 Å². The molecule has 2 fully saturated rings. The highest BCUT2D eigenvalue weighted by Crippen LogP contribution is 2.38. The van der Waals surface area contributed by atoms with Gasteiger partial charge in [0.15, 0.2) is 0 Å². The Morgan fingerprint density at radius 1 is 0.628 bits per heavy atom. The van der Waals surface area contributed by atoms with E-state index in [9.17, 15) is 28.6 Å². The van der Waals surface area contributed by atoms with E-state index < -0.39 is 12.2 Å². The first-order valence-corrected chi connectivity index (χ1v) is 25.7. The normalized spacial score (nSPS) is 17.4. The Bertz CT molecular complexity index is 3340. The predicted molar refractivity (Wildman–Crippen MR) is 291 cm³/mol. The van der Waals surface area contributed by atoms with Gasteiger partial charge in [0.25, 0.3) is 11.8 Å². The Labute approximate surface area is 448 Å². The third kappa shape index (κ3) is 10.8. The molecule has 2 aromatic carbocycles. The van der Waals surface area contributed by atoms with Crippen molar-refractivity contribution < 1.29 is 38.1 Å². The molecule has 12 rings (SSSR count). The van der Waals surface area contributed by atoms with Gasteiger partial charge in [-0.05, 0) is 87.8 Å². The van der Waals surface area contributed by atoms with Crippen LogP contribution in [0.3, 0.4) is 0 Å². The van der Waals surface area contributed by atoms with E-state index in [-0.39, 0.29) is 23.4 Å². The second-order valence-corrected chi connectivity index (χ2v) is 20.2. The summed E-state index contributed by atoms with van der Waals surface area (Å²) in [6.45, 7) is 5.95. The van der Waals surface area contributed by atoms with Crippen LogP contribution in [0.25, 0.3) is 33.8 Å². The zero-order valence-electron chi connectivity index (χ0n) is 43.6. The molecule has 4 aliphatic rings. The number of ether oxygens (including phenoxy) is 2. The van der Waals surface area contributed by atoms with Crippen LogP contribution >= 0.6 is 0 Å². The summed E-state index contributed by atoms with van der Waals surface area (Å²) in [5.74, 6) is 0.183. The van der Waals surface area contributed by atoms with E-state index in [4.69, 9.17) is 19.4 Å². The largest absolute Gasteiger partial charge is 0.389 e. The molecule has 0 unspecified atom stereocenters. The minimum Gasteiger partial charge on any atom is -0.389 e. The average Bonchev–Trinajstić information content (AvgIpc) is 4.26. The molecule has 2 amide bonds. The van der Waals surface area contributed by atoms with Crippen LogP contribution in [0, 0.1) is 11.6 Å². The zero-order valence-corrected chi connectivity index (χ0v) is 43.6. The number of β-amino-alcohol motifs (C(OH)–C–C–N with tert-alkyl or cyclic N) is 2. The lowest BCUT2D eigenvalue weighted by Gasteiger charge is -2.27. The predicted octanol–water partition coefficient (Wildman–Crippen LogP) is 5.56. The molecule has 6 N–H and O–H groups in total. The second-order valence-electron chi connectivity index (χ2n) is 20.2. The number of hydrogen-bond donors (Lipinski definition) is 6. The van der Waals surface area contributed by atoms with E-state index in [1.165, 1.54) is 24.3 Å². The van der Waals surface area contributed by atoms with E-state index in [0.717, 1.165) is 56.4 Å². The maximum atomic E-state index is 13.7. The molecule has 0 aliphatic carbocycles. The number of pyridine rings is 4. The van der Waals surface area contributed by atoms with Crippen LogP contribution < -0.4 is 31.1 Å². The molecule has 6 aromatic heterocycles. The third-order valence-electron chi connectivity index (χ3n) is 14.0. The van der Waals surface area contributed by atoms with E-state index in [1.807, 2.05) is 95.3 Å². The summed E-state index contributed by atoms with van der Waals surface area (Å²) in [5, 5.41) is 33.1. The average molecular weight is 1060 g/mol. The first-order chi connectivity index (χ1) is 37.7. The van der Waals surface area contributed by atoms with Crippen molar-refractivity contribution in [3.63, 3.8) is 0 Å². The molecule has 0 bridgehead atoms. The summed E-state index contributed by atoms with van der Waals surface area (Å²) in [5.41, 5.74) is 12.0. The quantitative estimate of drug-likeness (QED) is 0.0884. The van der Waals surface area contributed by atoms with Crippen molar-refractivity contribution in [2.45, 2.75) is 38.4 Å². The first kappa shape index (κ1) is 52.0. The molecular weight excluding hydrogens is 1000 g/mol. The van der Waals surface area contributed by atoms with Gasteiger partial charge in [-0.25, -0.2) is 28.7 Å². The maximum absolute atomic E-state index is 13.7. The number of aromatic nitrogens is 6. The Morgan fingerprint density at radius 2 is 1.06 bits per heavy atom. The van der Waals surface area contributed by atoms with Crippen LogP contribution in [0.1, 0.15) is 43.2 Å². The fourth-order valence-corrected chi connectivity index (χ4v) is 10.5. The molecule has 0 spiro atoms. The van der Waals surface area contributed by atoms with Crippen LogP contribution in [-0.2, 0) is 35.7 Å². The van der Waals surface area contributed by atoms with Gasteiger partial charge < -0.3 is 60.6 Å². The molecule has 10 heterocycles. The number of carbonyl (C=O) groups is 2. The van der Waals surface area contributed by atoms with Crippen molar-refractivity contribution in [3.8, 4) is 22.5 Å². The highest BCUT2D eigenvalue weighted by atomic mass is 19.1. The number of amides is 2. The van der Waals surface area contributed by atoms with Crippen molar-refractivity contribution in [1.29, 1.82) is 0 Å². The number of rotatable bonds is 12. The molecule has 78 heavy (non-hydrogen) atoms. The number of carbonyl (C=O) groups excluding carboxylic acids is 2. The lowest BCUT2D eigenvalue weighted by molar-refractivity contribution is 0.0597. The van der Waals surface area contributed by atoms with Gasteiger partial charge in [-0.15, -0.1) is 0 Å². The van der Waals surface area contributed by atoms with Gasteiger partial charge in [-0.3, -0.25) is 18.4 Å². The number of aliphatic hydroxyl groups excluding tert-OH is 2. The standard InChI is InChI=1S/2C28H30FN7O3/c2*1-34(2)15-22-23(35-9-10-39-16-18(37)14-35)5-6-25(33-22)32-21-4-3-19(20-12-31-28(38)27(20)21)24-13-30-26-11-17(29)7-8-36(24)26/h2*3-8,11,13,18,37H,9-10,12,14-16H2,1-2H3,(H,31,38)(H,32,33)/t2*18-/m10/s1. The van der Waals surface area contributed by atoms with Crippen LogP contribution in [0.2, 0.25) is 0 Å². The molecule has 2 saturated heterocycles. The molecule has 20 nitrogen and oxygen atoms in total. The zero-order chi connectivity index (χ0) is 54.2. The summed E-state index contributed by atoms with van der Waals surface area (Å²) in [4.78, 5) is 52.7. The number of nitrogens with zero attached hydrogens (tertiary/aromatic N) is 10. The van der Waals surface area contributed by atoms with E-state index in [0.29, 0.717) is 124 Å². The highest BCUT2D eigenvalue weighted by Gasteiger charge is 2.30. The topological polar surface area (TPSA) is 215 Å². The third-order valence-corrected chi connectivity index (χ3v) is 14.0. The van der Waals surface area contributed by atoms with Gasteiger partial charge in [0.1, 0.15) is 34.6 Å². The minimum absolute atomic E-state index is 0.169. The second kappa shape index (κ2) is 22.1. The van der Waals surface area contributed by atoms with Gasteiger partial charge in [0, 0.05) is 88.0 Å². The van der Waals surface area contributed by atoms with Crippen LogP contribution in [0.15, 0.2) is 97.6 Å². The van der Waals surface area contributed by atoms with E-state index in [2.05, 4.69) is 41.0 Å². The Balaban J connectivity index is 0.000000165. The summed E-state index contributed by atoms with van der Waals surface area (Å²) in [6.07, 6.45) is 5.54. The van der Waals surface area contributed by atoms with E-state index in [1.54, 1.807) is 24.8 Å². The first-order valence-electron chi connectivity index (χ1n) is 25.7. The smallest absolute Gasteiger partial charge is 0.254 e. The summed E-state index contributed by atoms with van der Waals surface area (Å²) < 4.78 is 42.0. The minimum atomic E-state index is -0.566. The number of nitrogens with one attached hydrogen (secondary N) is 4. The van der Waals surface area contributed by atoms with Crippen LogP contribution in [0.5, 0.6) is 0 Å². The van der Waals surface area contributed by atoms with Crippen molar-refractivity contribution >= 4 is 57.5 Å². The Kier molecular flexibility index (Phi) is 14.7. The lowest BCUT2D eigenvalue weighted by Crippen LogP contribution is -2.34. The molecule has 4 aliphatic heterocycles. The van der Waals surface area contributed by atoms with Gasteiger partial charge in [-0.2, -0.15) is 0 Å². The van der Waals surface area contributed by atoms with Crippen molar-refractivity contribution in [2.75, 3.05) is 101 Å². The number of fused-ring (bicyclic) bond motifs is 4. The molecule has 0 radical (unpaired) electrons. The van der Waals surface area contributed by atoms with Gasteiger partial charge in [0.2, 0.25) is 0 Å². The number of benzene rings is 2. The van der Waals surface area contributed by atoms with Crippen LogP contribution in [-0.4, -0.2) is 154 Å².